The van der Waals surface area contributed by atoms with E-state index in [0.717, 1.165) is 60.2 Å². The molecule has 0 aromatic heterocycles. The van der Waals surface area contributed by atoms with Gasteiger partial charge in [-0.05, 0) is 73.5 Å². The van der Waals surface area contributed by atoms with Gasteiger partial charge in [0.1, 0.15) is 11.5 Å². The van der Waals surface area contributed by atoms with E-state index >= 15 is 0 Å². The standard InChI is InChI=1S/C42H50N4O5/c1-3-49-37-19-15-35(16-20-37)43-23-27-45(28-24-43)41(47)31-39(33-11-7-5-8-12-33)51-40(34-13-9-6-10-14-34)32-42(48)46-29-25-44(26-30-46)36-17-21-38(22-18-36)50-4-2/h5-22,39-40H,3-4,23-32H2,1-2H3. The van der Waals surface area contributed by atoms with Crippen LogP contribution in [0.25, 0.3) is 0 Å². The Labute approximate surface area is 302 Å². The minimum Gasteiger partial charge on any atom is -0.494 e. The van der Waals surface area contributed by atoms with Crippen LogP contribution in [-0.2, 0) is 14.3 Å². The number of ether oxygens (including phenoxy) is 3. The Kier molecular flexibility index (Phi) is 12.5. The van der Waals surface area contributed by atoms with Crippen LogP contribution in [0.2, 0.25) is 0 Å². The van der Waals surface area contributed by atoms with Crippen LogP contribution in [0.5, 0.6) is 11.5 Å². The van der Waals surface area contributed by atoms with Crippen molar-refractivity contribution in [2.45, 2.75) is 38.9 Å². The summed E-state index contributed by atoms with van der Waals surface area (Å²) in [5.74, 6) is 1.83. The van der Waals surface area contributed by atoms with Gasteiger partial charge in [-0.2, -0.15) is 0 Å². The molecule has 0 radical (unpaired) electrons. The Morgan fingerprint density at radius 3 is 1.20 bits per heavy atom. The summed E-state index contributed by atoms with van der Waals surface area (Å²) >= 11 is 0. The van der Waals surface area contributed by atoms with Crippen molar-refractivity contribution < 1.29 is 23.8 Å². The Bertz CT molecular complexity index is 1530. The van der Waals surface area contributed by atoms with Gasteiger partial charge in [-0.15, -0.1) is 0 Å². The summed E-state index contributed by atoms with van der Waals surface area (Å²) in [6.45, 7) is 10.8. The number of hydrogen-bond acceptors (Lipinski definition) is 7. The zero-order valence-electron chi connectivity index (χ0n) is 29.9. The van der Waals surface area contributed by atoms with E-state index < -0.39 is 12.2 Å². The first kappa shape index (κ1) is 35.8. The lowest BCUT2D eigenvalue weighted by atomic mass is 10.0. The third kappa shape index (κ3) is 9.61. The lowest BCUT2D eigenvalue weighted by Crippen LogP contribution is -2.49. The van der Waals surface area contributed by atoms with E-state index in [-0.39, 0.29) is 24.7 Å². The van der Waals surface area contributed by atoms with Gasteiger partial charge in [-0.1, -0.05) is 60.7 Å². The minimum atomic E-state index is -0.502. The van der Waals surface area contributed by atoms with E-state index in [1.165, 1.54) is 0 Å². The Hall–Kier alpha value is -5.02. The lowest BCUT2D eigenvalue weighted by Gasteiger charge is -2.37. The van der Waals surface area contributed by atoms with Crippen molar-refractivity contribution in [2.75, 3.05) is 75.4 Å². The maximum atomic E-state index is 13.9. The molecule has 9 heteroatoms. The molecule has 268 valence electrons. The molecule has 0 saturated carbocycles. The first-order valence-corrected chi connectivity index (χ1v) is 18.3. The maximum absolute atomic E-state index is 13.9. The monoisotopic (exact) mass is 690 g/mol. The summed E-state index contributed by atoms with van der Waals surface area (Å²) in [5.41, 5.74) is 4.11. The van der Waals surface area contributed by atoms with Crippen LogP contribution in [0.3, 0.4) is 0 Å². The predicted molar refractivity (Wildman–Crippen MR) is 201 cm³/mol. The second-order valence-corrected chi connectivity index (χ2v) is 12.9. The van der Waals surface area contributed by atoms with Crippen LogP contribution in [0.4, 0.5) is 11.4 Å². The van der Waals surface area contributed by atoms with Crippen LogP contribution in [0.1, 0.15) is 50.0 Å². The van der Waals surface area contributed by atoms with Crippen molar-refractivity contribution in [3.8, 4) is 11.5 Å². The first-order valence-electron chi connectivity index (χ1n) is 18.3. The summed E-state index contributed by atoms with van der Waals surface area (Å²) in [5, 5.41) is 0. The molecule has 0 N–H and O–H groups in total. The number of nitrogens with zero attached hydrogens (tertiary/aromatic N) is 4. The number of amides is 2. The van der Waals surface area contributed by atoms with E-state index in [2.05, 4.69) is 34.1 Å². The van der Waals surface area contributed by atoms with Crippen molar-refractivity contribution in [1.82, 2.24) is 9.80 Å². The van der Waals surface area contributed by atoms with Gasteiger partial charge >= 0.3 is 0 Å². The summed E-state index contributed by atoms with van der Waals surface area (Å²) in [6.07, 6.45) is -0.605. The van der Waals surface area contributed by atoms with Gasteiger partial charge in [0.05, 0.1) is 38.3 Å². The number of hydrogen-bond donors (Lipinski definition) is 0. The molecule has 2 fully saturated rings. The van der Waals surface area contributed by atoms with Gasteiger partial charge in [0, 0.05) is 63.7 Å². The average molecular weight is 691 g/mol. The molecule has 2 aliphatic rings. The molecule has 0 aliphatic carbocycles. The Balaban J connectivity index is 1.09. The van der Waals surface area contributed by atoms with Crippen LogP contribution in [0, 0.1) is 0 Å². The third-order valence-corrected chi connectivity index (χ3v) is 9.68. The molecule has 51 heavy (non-hydrogen) atoms. The second kappa shape index (κ2) is 17.8. The molecule has 9 nitrogen and oxygen atoms in total. The molecule has 2 amide bonds. The lowest BCUT2D eigenvalue weighted by molar-refractivity contribution is -0.139. The Morgan fingerprint density at radius 1 is 0.510 bits per heavy atom. The van der Waals surface area contributed by atoms with Crippen molar-refractivity contribution in [2.24, 2.45) is 0 Å². The number of carbonyl (C=O) groups excluding carboxylic acids is 2. The minimum absolute atomic E-state index is 0.0544. The smallest absolute Gasteiger partial charge is 0.225 e. The number of anilines is 2. The molecule has 2 saturated heterocycles. The van der Waals surface area contributed by atoms with Gasteiger partial charge in [-0.3, -0.25) is 9.59 Å². The van der Waals surface area contributed by atoms with Crippen LogP contribution < -0.4 is 19.3 Å². The zero-order valence-corrected chi connectivity index (χ0v) is 29.9. The molecule has 0 bridgehead atoms. The highest BCUT2D eigenvalue weighted by atomic mass is 16.5. The Morgan fingerprint density at radius 2 is 0.863 bits per heavy atom. The quantitative estimate of drug-likeness (QED) is 0.145. The van der Waals surface area contributed by atoms with Crippen LogP contribution >= 0.6 is 0 Å². The van der Waals surface area contributed by atoms with E-state index in [1.807, 2.05) is 109 Å². The third-order valence-electron chi connectivity index (χ3n) is 9.68. The first-order chi connectivity index (χ1) is 25.0. The van der Waals surface area contributed by atoms with Gasteiger partial charge < -0.3 is 33.8 Å². The summed E-state index contributed by atoms with van der Waals surface area (Å²) in [7, 11) is 0. The normalized spacial score (nSPS) is 16.0. The van der Waals surface area contributed by atoms with Crippen molar-refractivity contribution in [3.63, 3.8) is 0 Å². The fourth-order valence-corrected chi connectivity index (χ4v) is 6.87. The van der Waals surface area contributed by atoms with Crippen molar-refractivity contribution in [3.05, 3.63) is 120 Å². The fraction of sp³-hybridized carbons (Fsp3) is 0.381. The van der Waals surface area contributed by atoms with Crippen LogP contribution in [0.15, 0.2) is 109 Å². The molecule has 6 rings (SSSR count). The average Bonchev–Trinajstić information content (AvgIpc) is 3.19. The van der Waals surface area contributed by atoms with Gasteiger partial charge in [0.25, 0.3) is 0 Å². The molecule has 2 atom stereocenters. The summed E-state index contributed by atoms with van der Waals surface area (Å²) in [6, 6.07) is 36.1. The van der Waals surface area contributed by atoms with Gasteiger partial charge in [-0.25, -0.2) is 0 Å². The molecule has 4 aromatic carbocycles. The zero-order chi connectivity index (χ0) is 35.4. The highest BCUT2D eigenvalue weighted by Crippen LogP contribution is 2.33. The number of carbonyl (C=O) groups is 2. The maximum Gasteiger partial charge on any atom is 0.225 e. The highest BCUT2D eigenvalue weighted by molar-refractivity contribution is 5.78. The molecular formula is C42H50N4O5. The number of benzene rings is 4. The van der Waals surface area contributed by atoms with Gasteiger partial charge in [0.15, 0.2) is 0 Å². The van der Waals surface area contributed by atoms with Crippen molar-refractivity contribution >= 4 is 23.2 Å². The molecule has 4 aromatic rings. The summed E-state index contributed by atoms with van der Waals surface area (Å²) in [4.78, 5) is 36.2. The largest absolute Gasteiger partial charge is 0.494 e. The number of piperazine rings is 2. The molecular weight excluding hydrogens is 640 g/mol. The van der Waals surface area contributed by atoms with E-state index in [9.17, 15) is 9.59 Å². The van der Waals surface area contributed by atoms with E-state index in [0.29, 0.717) is 39.4 Å². The SMILES string of the molecule is CCOc1ccc(N2CCN(C(=O)CC(OC(CC(=O)N3CCN(c4ccc(OCC)cc4)CC3)c3ccccc3)c3ccccc3)CC2)cc1. The predicted octanol–water partition coefficient (Wildman–Crippen LogP) is 6.76. The van der Waals surface area contributed by atoms with Crippen molar-refractivity contribution in [1.29, 1.82) is 0 Å². The van der Waals surface area contributed by atoms with E-state index in [4.69, 9.17) is 14.2 Å². The molecule has 2 aliphatic heterocycles. The molecule has 2 unspecified atom stereocenters. The fourth-order valence-electron chi connectivity index (χ4n) is 6.87. The molecule has 0 spiro atoms. The molecule has 2 heterocycles. The highest BCUT2D eigenvalue weighted by Gasteiger charge is 2.30. The summed E-state index contributed by atoms with van der Waals surface area (Å²) < 4.78 is 18.0. The van der Waals surface area contributed by atoms with Gasteiger partial charge in [0.2, 0.25) is 11.8 Å². The van der Waals surface area contributed by atoms with E-state index in [1.54, 1.807) is 0 Å². The number of rotatable bonds is 14. The van der Waals surface area contributed by atoms with Crippen LogP contribution in [-0.4, -0.2) is 87.2 Å². The topological polar surface area (TPSA) is 74.8 Å². The second-order valence-electron chi connectivity index (χ2n) is 12.9.